The van der Waals surface area contributed by atoms with Gasteiger partial charge >= 0.3 is 0 Å². The van der Waals surface area contributed by atoms with Crippen molar-refractivity contribution >= 4 is 21.8 Å². The Bertz CT molecular complexity index is 365. The van der Waals surface area contributed by atoms with Crippen molar-refractivity contribution in [2.24, 2.45) is 4.99 Å². The third kappa shape index (κ3) is 2.96. The van der Waals surface area contributed by atoms with Crippen LogP contribution in [0.2, 0.25) is 0 Å². The zero-order valence-electron chi connectivity index (χ0n) is 8.37. The summed E-state index contributed by atoms with van der Waals surface area (Å²) in [6.45, 7) is 2.52. The number of ether oxygens (including phenoxy) is 1. The van der Waals surface area contributed by atoms with Crippen LogP contribution in [0.15, 0.2) is 33.7 Å². The Balaban J connectivity index is 1.80. The monoisotopic (exact) mass is 268 g/mol. The second-order valence-electron chi connectivity index (χ2n) is 3.28. The van der Waals surface area contributed by atoms with Gasteiger partial charge in [0.2, 0.25) is 0 Å². The minimum Gasteiger partial charge on any atom is -0.492 e. The number of amidine groups is 1. The second kappa shape index (κ2) is 5.16. The van der Waals surface area contributed by atoms with Gasteiger partial charge in [-0.25, -0.2) is 0 Å². The lowest BCUT2D eigenvalue weighted by Gasteiger charge is -2.07. The molecule has 0 atom stereocenters. The lowest BCUT2D eigenvalue weighted by atomic mass is 10.3. The van der Waals surface area contributed by atoms with E-state index in [4.69, 9.17) is 4.74 Å². The summed E-state index contributed by atoms with van der Waals surface area (Å²) in [6, 6.07) is 7.86. The van der Waals surface area contributed by atoms with Gasteiger partial charge in [-0.2, -0.15) is 0 Å². The van der Waals surface area contributed by atoms with E-state index >= 15 is 0 Å². The Kier molecular flexibility index (Phi) is 3.61. The van der Waals surface area contributed by atoms with Gasteiger partial charge in [0.1, 0.15) is 5.75 Å². The molecular weight excluding hydrogens is 256 g/mol. The van der Waals surface area contributed by atoms with E-state index in [0.29, 0.717) is 6.61 Å². The predicted octanol–water partition coefficient (Wildman–Crippen LogP) is 2.22. The smallest absolute Gasteiger partial charge is 0.133 e. The van der Waals surface area contributed by atoms with Gasteiger partial charge < -0.3 is 10.1 Å². The van der Waals surface area contributed by atoms with E-state index in [9.17, 15) is 0 Å². The molecule has 4 heteroatoms. The molecule has 0 radical (unpaired) electrons. The van der Waals surface area contributed by atoms with Gasteiger partial charge in [0.25, 0.3) is 0 Å². The standard InChI is InChI=1S/C11H13BrN2O/c12-9-3-1-2-4-10(9)15-8-5-11-13-6-7-14-11/h1-4H,5-8H2,(H,13,14). The zero-order valence-corrected chi connectivity index (χ0v) is 9.96. The summed E-state index contributed by atoms with van der Waals surface area (Å²) in [6.07, 6.45) is 0.849. The molecule has 0 aromatic heterocycles. The molecule has 15 heavy (non-hydrogen) atoms. The molecule has 0 saturated heterocycles. The highest BCUT2D eigenvalue weighted by atomic mass is 79.9. The fraction of sp³-hybridized carbons (Fsp3) is 0.364. The van der Waals surface area contributed by atoms with Gasteiger partial charge in [-0.1, -0.05) is 12.1 Å². The summed E-state index contributed by atoms with van der Waals surface area (Å²) in [5.74, 6) is 1.94. The number of nitrogens with one attached hydrogen (secondary N) is 1. The average Bonchev–Trinajstić information content (AvgIpc) is 2.74. The molecule has 3 nitrogen and oxygen atoms in total. The molecule has 1 aromatic rings. The van der Waals surface area contributed by atoms with Gasteiger partial charge in [-0.15, -0.1) is 0 Å². The third-order valence-corrected chi connectivity index (χ3v) is 2.83. The predicted molar refractivity (Wildman–Crippen MR) is 64.6 cm³/mol. The highest BCUT2D eigenvalue weighted by molar-refractivity contribution is 9.10. The molecule has 0 aliphatic carbocycles. The first-order chi connectivity index (χ1) is 7.36. The summed E-state index contributed by atoms with van der Waals surface area (Å²) in [5, 5.41) is 3.22. The summed E-state index contributed by atoms with van der Waals surface area (Å²) in [4.78, 5) is 4.30. The Morgan fingerprint density at radius 1 is 1.40 bits per heavy atom. The van der Waals surface area contributed by atoms with E-state index in [1.807, 2.05) is 24.3 Å². The van der Waals surface area contributed by atoms with E-state index in [0.717, 1.165) is 35.6 Å². The van der Waals surface area contributed by atoms with Crippen molar-refractivity contribution in [1.29, 1.82) is 0 Å². The van der Waals surface area contributed by atoms with Crippen LogP contribution in [0.5, 0.6) is 5.75 Å². The number of hydrogen-bond acceptors (Lipinski definition) is 3. The van der Waals surface area contributed by atoms with Crippen LogP contribution in [0.4, 0.5) is 0 Å². The number of halogens is 1. The highest BCUT2D eigenvalue weighted by Crippen LogP contribution is 2.23. The molecule has 1 aliphatic heterocycles. The molecule has 80 valence electrons. The van der Waals surface area contributed by atoms with E-state index in [2.05, 4.69) is 26.2 Å². The minimum atomic E-state index is 0.661. The van der Waals surface area contributed by atoms with Gasteiger partial charge in [-0.05, 0) is 28.1 Å². The molecule has 1 heterocycles. The van der Waals surface area contributed by atoms with Crippen LogP contribution < -0.4 is 10.1 Å². The molecule has 1 aromatic carbocycles. The van der Waals surface area contributed by atoms with Crippen LogP contribution in [-0.2, 0) is 0 Å². The normalized spacial score (nSPS) is 14.6. The maximum absolute atomic E-state index is 5.63. The SMILES string of the molecule is Brc1ccccc1OCCC1=NCCN1. The Morgan fingerprint density at radius 3 is 3.00 bits per heavy atom. The Morgan fingerprint density at radius 2 is 2.27 bits per heavy atom. The van der Waals surface area contributed by atoms with Gasteiger partial charge in [0, 0.05) is 13.0 Å². The molecule has 2 rings (SSSR count). The molecule has 1 aliphatic rings. The van der Waals surface area contributed by atoms with Gasteiger partial charge in [0.05, 0.1) is 23.5 Å². The number of para-hydroxylation sites is 1. The highest BCUT2D eigenvalue weighted by Gasteiger charge is 2.05. The molecule has 0 fully saturated rings. The fourth-order valence-electron chi connectivity index (χ4n) is 1.43. The molecule has 1 N–H and O–H groups in total. The van der Waals surface area contributed by atoms with Crippen molar-refractivity contribution in [2.75, 3.05) is 19.7 Å². The second-order valence-corrected chi connectivity index (χ2v) is 4.14. The molecule has 0 spiro atoms. The van der Waals surface area contributed by atoms with Crippen molar-refractivity contribution in [2.45, 2.75) is 6.42 Å². The maximum Gasteiger partial charge on any atom is 0.133 e. The number of rotatable bonds is 4. The molecule has 0 amide bonds. The number of hydrogen-bond donors (Lipinski definition) is 1. The lowest BCUT2D eigenvalue weighted by molar-refractivity contribution is 0.326. The fourth-order valence-corrected chi connectivity index (χ4v) is 1.83. The summed E-state index contributed by atoms with van der Waals surface area (Å²) in [5.41, 5.74) is 0. The largest absolute Gasteiger partial charge is 0.492 e. The van der Waals surface area contributed by atoms with Crippen molar-refractivity contribution < 1.29 is 4.74 Å². The summed E-state index contributed by atoms with van der Waals surface area (Å²) in [7, 11) is 0. The van der Waals surface area contributed by atoms with Crippen molar-refractivity contribution in [3.63, 3.8) is 0 Å². The molecule has 0 unspecified atom stereocenters. The van der Waals surface area contributed by atoms with Crippen LogP contribution in [0.1, 0.15) is 6.42 Å². The first-order valence-corrected chi connectivity index (χ1v) is 5.80. The van der Waals surface area contributed by atoms with Gasteiger partial charge in [-0.3, -0.25) is 4.99 Å². The minimum absolute atomic E-state index is 0.661. The van der Waals surface area contributed by atoms with Crippen LogP contribution in [0.3, 0.4) is 0 Å². The zero-order chi connectivity index (χ0) is 10.5. The van der Waals surface area contributed by atoms with Crippen LogP contribution >= 0.6 is 15.9 Å². The van der Waals surface area contributed by atoms with E-state index < -0.39 is 0 Å². The lowest BCUT2D eigenvalue weighted by Crippen LogP contribution is -2.20. The van der Waals surface area contributed by atoms with E-state index in [1.54, 1.807) is 0 Å². The van der Waals surface area contributed by atoms with Crippen LogP contribution in [0, 0.1) is 0 Å². The molecule has 0 saturated carbocycles. The average molecular weight is 269 g/mol. The van der Waals surface area contributed by atoms with Crippen molar-refractivity contribution in [1.82, 2.24) is 5.32 Å². The third-order valence-electron chi connectivity index (χ3n) is 2.18. The van der Waals surface area contributed by atoms with Gasteiger partial charge in [0.15, 0.2) is 0 Å². The number of benzene rings is 1. The van der Waals surface area contributed by atoms with Crippen molar-refractivity contribution in [3.05, 3.63) is 28.7 Å². The topological polar surface area (TPSA) is 33.6 Å². The van der Waals surface area contributed by atoms with Crippen LogP contribution in [-0.4, -0.2) is 25.5 Å². The Labute approximate surface area is 97.7 Å². The first kappa shape index (κ1) is 10.5. The van der Waals surface area contributed by atoms with E-state index in [1.165, 1.54) is 0 Å². The van der Waals surface area contributed by atoms with Crippen LogP contribution in [0.25, 0.3) is 0 Å². The first-order valence-electron chi connectivity index (χ1n) is 5.01. The molecule has 0 bridgehead atoms. The Hall–Kier alpha value is -1.03. The quantitative estimate of drug-likeness (QED) is 0.909. The molecular formula is C11H13BrN2O. The maximum atomic E-state index is 5.63. The summed E-state index contributed by atoms with van der Waals surface area (Å²) >= 11 is 3.44. The number of nitrogens with zero attached hydrogens (tertiary/aromatic N) is 1. The summed E-state index contributed by atoms with van der Waals surface area (Å²) < 4.78 is 6.62. The number of aliphatic imine (C=N–C) groups is 1. The van der Waals surface area contributed by atoms with E-state index in [-0.39, 0.29) is 0 Å². The van der Waals surface area contributed by atoms with Crippen molar-refractivity contribution in [3.8, 4) is 5.75 Å².